The van der Waals surface area contributed by atoms with Gasteiger partial charge >= 0.3 is 0 Å². The number of rotatable bonds is 9. The van der Waals surface area contributed by atoms with Crippen LogP contribution in [0, 0.1) is 4.91 Å². The van der Waals surface area contributed by atoms with Crippen molar-refractivity contribution in [3.63, 3.8) is 0 Å². The van der Waals surface area contributed by atoms with Gasteiger partial charge in [0.15, 0.2) is 0 Å². The smallest absolute Gasteiger partial charge is 0.118 e. The largest absolute Gasteiger partial charge is 0.396 e. The summed E-state index contributed by atoms with van der Waals surface area (Å²) in [5.41, 5.74) is 0. The van der Waals surface area contributed by atoms with Gasteiger partial charge in [0.25, 0.3) is 0 Å². The van der Waals surface area contributed by atoms with Crippen LogP contribution in [0.1, 0.15) is 32.1 Å². The minimum Gasteiger partial charge on any atom is -0.396 e. The molecule has 0 heterocycles. The molecular formula is C13H26N2O4. The summed E-state index contributed by atoms with van der Waals surface area (Å²) in [5.74, 6) is 0. The molecule has 6 nitrogen and oxygen atoms in total. The summed E-state index contributed by atoms with van der Waals surface area (Å²) in [6, 6.07) is 0.111. The fourth-order valence-corrected chi connectivity index (χ4v) is 2.82. The van der Waals surface area contributed by atoms with Gasteiger partial charge in [-0.2, -0.15) is 4.91 Å². The maximum Gasteiger partial charge on any atom is 0.118 e. The predicted octanol–water partition coefficient (Wildman–Crippen LogP) is 0.756. The van der Waals surface area contributed by atoms with Crippen LogP contribution in [-0.2, 0) is 4.74 Å². The Bertz CT molecular complexity index is 245. The summed E-state index contributed by atoms with van der Waals surface area (Å²) in [6.07, 6.45) is 3.82. The van der Waals surface area contributed by atoms with Crippen molar-refractivity contribution < 1.29 is 14.9 Å². The third kappa shape index (κ3) is 5.14. The molecule has 6 heteroatoms. The molecule has 1 aliphatic rings. The molecule has 0 aliphatic heterocycles. The average molecular weight is 274 g/mol. The van der Waals surface area contributed by atoms with Gasteiger partial charge in [-0.1, -0.05) is 5.18 Å². The Morgan fingerprint density at radius 3 is 2.32 bits per heavy atom. The highest BCUT2D eigenvalue weighted by Crippen LogP contribution is 2.27. The maximum absolute atomic E-state index is 10.7. The van der Waals surface area contributed by atoms with Crippen LogP contribution in [0.15, 0.2) is 5.18 Å². The number of ether oxygens (including phenoxy) is 1. The van der Waals surface area contributed by atoms with E-state index in [0.29, 0.717) is 6.04 Å². The van der Waals surface area contributed by atoms with E-state index in [4.69, 9.17) is 14.9 Å². The first-order valence-electron chi connectivity index (χ1n) is 7.07. The van der Waals surface area contributed by atoms with Crippen LogP contribution >= 0.6 is 0 Å². The molecule has 1 fully saturated rings. The number of aliphatic hydroxyl groups excluding tert-OH is 2. The van der Waals surface area contributed by atoms with E-state index >= 15 is 0 Å². The standard InChI is InChI=1S/C13H26N2O4/c1-19-13-10-11(4-5-12(13)14-18)15(6-2-8-16)7-3-9-17/h11-13,16-17H,2-10H2,1H3. The van der Waals surface area contributed by atoms with E-state index < -0.39 is 0 Å². The lowest BCUT2D eigenvalue weighted by Gasteiger charge is -2.38. The van der Waals surface area contributed by atoms with Crippen LogP contribution in [-0.4, -0.2) is 66.7 Å². The highest BCUT2D eigenvalue weighted by molar-refractivity contribution is 4.89. The maximum atomic E-state index is 10.7. The molecule has 1 rings (SSSR count). The highest BCUT2D eigenvalue weighted by Gasteiger charge is 2.33. The normalized spacial score (nSPS) is 27.7. The van der Waals surface area contributed by atoms with Gasteiger partial charge in [-0.25, -0.2) is 0 Å². The Morgan fingerprint density at radius 1 is 1.21 bits per heavy atom. The Balaban J connectivity index is 2.55. The van der Waals surface area contributed by atoms with Gasteiger partial charge < -0.3 is 19.8 Å². The molecule has 0 bridgehead atoms. The molecule has 3 unspecified atom stereocenters. The zero-order valence-electron chi connectivity index (χ0n) is 11.7. The molecule has 0 aromatic heterocycles. The van der Waals surface area contributed by atoms with Gasteiger partial charge in [-0.15, -0.1) is 0 Å². The number of hydrogen-bond acceptors (Lipinski definition) is 6. The predicted molar refractivity (Wildman–Crippen MR) is 73.0 cm³/mol. The van der Waals surface area contributed by atoms with E-state index in [0.717, 1.165) is 45.2 Å². The topological polar surface area (TPSA) is 82.4 Å². The second-order valence-corrected chi connectivity index (χ2v) is 5.10. The van der Waals surface area contributed by atoms with Gasteiger partial charge in [-0.05, 0) is 32.1 Å². The molecule has 3 atom stereocenters. The summed E-state index contributed by atoms with van der Waals surface area (Å²) in [6.45, 7) is 1.98. The number of nitrogens with zero attached hydrogens (tertiary/aromatic N) is 2. The molecule has 0 radical (unpaired) electrons. The zero-order valence-corrected chi connectivity index (χ0v) is 11.7. The molecule has 1 aliphatic carbocycles. The lowest BCUT2D eigenvalue weighted by atomic mass is 9.88. The molecule has 0 aromatic rings. The summed E-state index contributed by atoms with van der Waals surface area (Å²) >= 11 is 0. The number of aliphatic hydroxyl groups is 2. The SMILES string of the molecule is COC1CC(N(CCCO)CCCO)CCC1N=O. The lowest BCUT2D eigenvalue weighted by Crippen LogP contribution is -2.46. The van der Waals surface area contributed by atoms with Gasteiger partial charge in [-0.3, -0.25) is 0 Å². The molecule has 0 spiro atoms. The summed E-state index contributed by atoms with van der Waals surface area (Å²) in [5, 5.41) is 21.1. The van der Waals surface area contributed by atoms with Crippen molar-refractivity contribution in [3.8, 4) is 0 Å². The summed E-state index contributed by atoms with van der Waals surface area (Å²) < 4.78 is 5.36. The highest BCUT2D eigenvalue weighted by atomic mass is 16.5. The number of nitroso groups, excluding NO2 is 1. The monoisotopic (exact) mass is 274 g/mol. The van der Waals surface area contributed by atoms with Crippen LogP contribution < -0.4 is 0 Å². The summed E-state index contributed by atoms with van der Waals surface area (Å²) in [7, 11) is 1.62. The van der Waals surface area contributed by atoms with Gasteiger partial charge in [0, 0.05) is 39.5 Å². The third-order valence-electron chi connectivity index (χ3n) is 3.89. The van der Waals surface area contributed by atoms with Crippen LogP contribution in [0.2, 0.25) is 0 Å². The van der Waals surface area contributed by atoms with E-state index in [1.807, 2.05) is 0 Å². The minimum absolute atomic E-state index is 0.109. The van der Waals surface area contributed by atoms with E-state index in [-0.39, 0.29) is 25.4 Å². The second-order valence-electron chi connectivity index (χ2n) is 5.10. The Labute approximate surface area is 114 Å². The minimum atomic E-state index is -0.237. The lowest BCUT2D eigenvalue weighted by molar-refractivity contribution is 0.0122. The van der Waals surface area contributed by atoms with Crippen molar-refractivity contribution in [2.24, 2.45) is 5.18 Å². The molecule has 2 N–H and O–H groups in total. The first-order valence-corrected chi connectivity index (χ1v) is 7.07. The molecule has 0 amide bonds. The van der Waals surface area contributed by atoms with Crippen molar-refractivity contribution >= 4 is 0 Å². The number of methoxy groups -OCH3 is 1. The zero-order chi connectivity index (χ0) is 14.1. The van der Waals surface area contributed by atoms with Crippen molar-refractivity contribution in [1.82, 2.24) is 4.90 Å². The van der Waals surface area contributed by atoms with Gasteiger partial charge in [0.2, 0.25) is 0 Å². The van der Waals surface area contributed by atoms with Crippen LogP contribution in [0.4, 0.5) is 0 Å². The van der Waals surface area contributed by atoms with E-state index in [1.54, 1.807) is 7.11 Å². The fourth-order valence-electron chi connectivity index (χ4n) is 2.82. The Morgan fingerprint density at radius 2 is 1.84 bits per heavy atom. The molecule has 0 saturated heterocycles. The Kier molecular flexibility index (Phi) is 8.13. The van der Waals surface area contributed by atoms with Crippen LogP contribution in [0.25, 0.3) is 0 Å². The number of hydrogen-bond donors (Lipinski definition) is 2. The molecule has 1 saturated carbocycles. The molecular weight excluding hydrogens is 248 g/mol. The van der Waals surface area contributed by atoms with Crippen LogP contribution in [0.3, 0.4) is 0 Å². The Hall–Kier alpha value is -0.560. The van der Waals surface area contributed by atoms with Gasteiger partial charge in [0.1, 0.15) is 6.04 Å². The summed E-state index contributed by atoms with van der Waals surface area (Å²) in [4.78, 5) is 13.0. The van der Waals surface area contributed by atoms with Crippen molar-refractivity contribution in [3.05, 3.63) is 4.91 Å². The van der Waals surface area contributed by atoms with Crippen molar-refractivity contribution in [1.29, 1.82) is 0 Å². The van der Waals surface area contributed by atoms with Crippen molar-refractivity contribution in [2.45, 2.75) is 50.3 Å². The second kappa shape index (κ2) is 9.36. The van der Waals surface area contributed by atoms with Crippen LogP contribution in [0.5, 0.6) is 0 Å². The van der Waals surface area contributed by atoms with E-state index in [2.05, 4.69) is 10.1 Å². The van der Waals surface area contributed by atoms with E-state index in [1.165, 1.54) is 0 Å². The van der Waals surface area contributed by atoms with E-state index in [9.17, 15) is 4.91 Å². The third-order valence-corrected chi connectivity index (χ3v) is 3.89. The molecule has 19 heavy (non-hydrogen) atoms. The molecule has 112 valence electrons. The van der Waals surface area contributed by atoms with Gasteiger partial charge in [0.05, 0.1) is 6.10 Å². The average Bonchev–Trinajstić information content (AvgIpc) is 2.46. The fraction of sp³-hybridized carbons (Fsp3) is 1.00. The first kappa shape index (κ1) is 16.5. The first-order chi connectivity index (χ1) is 9.26. The molecule has 0 aromatic carbocycles. The quantitative estimate of drug-likeness (QED) is 0.606. The van der Waals surface area contributed by atoms with Crippen molar-refractivity contribution in [2.75, 3.05) is 33.4 Å².